The fourth-order valence-electron chi connectivity index (χ4n) is 3.56. The van der Waals surface area contributed by atoms with Crippen molar-refractivity contribution >= 4 is 29.9 Å². The summed E-state index contributed by atoms with van der Waals surface area (Å²) in [5.41, 5.74) is 2.69. The monoisotopic (exact) mass is 496 g/mol. The lowest BCUT2D eigenvalue weighted by Gasteiger charge is -2.20. The number of hydrogen-bond acceptors (Lipinski definition) is 3. The minimum absolute atomic E-state index is 0. The van der Waals surface area contributed by atoms with E-state index in [1.54, 1.807) is 13.3 Å². The van der Waals surface area contributed by atoms with E-state index >= 15 is 0 Å². The lowest BCUT2D eigenvalue weighted by atomic mass is 10.1. The van der Waals surface area contributed by atoms with Gasteiger partial charge < -0.3 is 15.1 Å². The molecule has 5 nitrogen and oxygen atoms in total. The number of nitrogens with one attached hydrogen (secondary N) is 2. The SMILES string of the molecule is CN=C(NCCc1ccco1)NCc1cccc(CN2CCCCCC2)c1.I. The Kier molecular flexibility index (Phi) is 10.4. The van der Waals surface area contributed by atoms with Crippen LogP contribution in [0.3, 0.4) is 0 Å². The van der Waals surface area contributed by atoms with Crippen molar-refractivity contribution in [1.29, 1.82) is 0 Å². The zero-order valence-corrected chi connectivity index (χ0v) is 19.2. The van der Waals surface area contributed by atoms with E-state index in [1.807, 2.05) is 12.1 Å². The van der Waals surface area contributed by atoms with Crippen LogP contribution in [0, 0.1) is 0 Å². The van der Waals surface area contributed by atoms with E-state index in [9.17, 15) is 0 Å². The molecule has 0 radical (unpaired) electrons. The van der Waals surface area contributed by atoms with Crippen molar-refractivity contribution in [2.75, 3.05) is 26.7 Å². The van der Waals surface area contributed by atoms with Gasteiger partial charge in [-0.25, -0.2) is 0 Å². The molecule has 0 unspecified atom stereocenters. The average molecular weight is 496 g/mol. The maximum Gasteiger partial charge on any atom is 0.191 e. The molecule has 0 atom stereocenters. The highest BCUT2D eigenvalue weighted by Crippen LogP contribution is 2.14. The summed E-state index contributed by atoms with van der Waals surface area (Å²) >= 11 is 0. The smallest absolute Gasteiger partial charge is 0.191 e. The van der Waals surface area contributed by atoms with Gasteiger partial charge in [0.25, 0.3) is 0 Å². The van der Waals surface area contributed by atoms with Gasteiger partial charge in [0.1, 0.15) is 5.76 Å². The molecule has 0 bridgehead atoms. The van der Waals surface area contributed by atoms with Gasteiger partial charge in [0.05, 0.1) is 6.26 Å². The molecule has 1 fully saturated rings. The van der Waals surface area contributed by atoms with E-state index in [4.69, 9.17) is 4.42 Å². The molecular weight excluding hydrogens is 463 g/mol. The Morgan fingerprint density at radius 3 is 2.54 bits per heavy atom. The third-order valence-corrected chi connectivity index (χ3v) is 5.02. The number of rotatable bonds is 7. The molecule has 1 aromatic carbocycles. The van der Waals surface area contributed by atoms with Crippen LogP contribution in [0.5, 0.6) is 0 Å². The quantitative estimate of drug-likeness (QED) is 0.343. The number of guanidine groups is 1. The van der Waals surface area contributed by atoms with E-state index in [0.717, 1.165) is 37.8 Å². The van der Waals surface area contributed by atoms with Crippen LogP contribution < -0.4 is 10.6 Å². The van der Waals surface area contributed by atoms with Crippen LogP contribution in [-0.2, 0) is 19.5 Å². The van der Waals surface area contributed by atoms with Crippen molar-refractivity contribution in [2.24, 2.45) is 4.99 Å². The Bertz CT molecular complexity index is 694. The number of halogens is 1. The molecule has 2 heterocycles. The highest BCUT2D eigenvalue weighted by atomic mass is 127. The number of aliphatic imine (C=N–C) groups is 1. The summed E-state index contributed by atoms with van der Waals surface area (Å²) in [4.78, 5) is 6.90. The second kappa shape index (κ2) is 12.8. The van der Waals surface area contributed by atoms with E-state index < -0.39 is 0 Å². The van der Waals surface area contributed by atoms with Crippen molar-refractivity contribution in [3.8, 4) is 0 Å². The van der Waals surface area contributed by atoms with Gasteiger partial charge in [0, 0.05) is 33.1 Å². The van der Waals surface area contributed by atoms with Crippen LogP contribution in [0.15, 0.2) is 52.1 Å². The molecular formula is C22H33IN4O. The summed E-state index contributed by atoms with van der Waals surface area (Å²) in [6.45, 7) is 5.09. The zero-order valence-electron chi connectivity index (χ0n) is 16.8. The maximum absolute atomic E-state index is 5.36. The average Bonchev–Trinajstić information content (AvgIpc) is 3.08. The molecule has 1 aromatic heterocycles. The van der Waals surface area contributed by atoms with Crippen molar-refractivity contribution in [2.45, 2.75) is 45.2 Å². The fraction of sp³-hybridized carbons (Fsp3) is 0.500. The number of furan rings is 1. The maximum atomic E-state index is 5.36. The second-order valence-corrected chi connectivity index (χ2v) is 7.19. The predicted molar refractivity (Wildman–Crippen MR) is 126 cm³/mol. The largest absolute Gasteiger partial charge is 0.469 e. The Morgan fingerprint density at radius 2 is 1.82 bits per heavy atom. The van der Waals surface area contributed by atoms with E-state index in [0.29, 0.717) is 0 Å². The Hall–Kier alpha value is -1.54. The van der Waals surface area contributed by atoms with Crippen LogP contribution >= 0.6 is 24.0 Å². The normalized spacial score (nSPS) is 15.5. The molecule has 0 spiro atoms. The number of benzene rings is 1. The van der Waals surface area contributed by atoms with E-state index in [-0.39, 0.29) is 24.0 Å². The minimum atomic E-state index is 0. The first-order valence-corrected chi connectivity index (χ1v) is 10.1. The topological polar surface area (TPSA) is 52.8 Å². The first-order valence-electron chi connectivity index (χ1n) is 10.1. The van der Waals surface area contributed by atoms with Gasteiger partial charge in [-0.3, -0.25) is 9.89 Å². The summed E-state index contributed by atoms with van der Waals surface area (Å²) < 4.78 is 5.36. The zero-order chi connectivity index (χ0) is 18.7. The fourth-order valence-corrected chi connectivity index (χ4v) is 3.56. The highest BCUT2D eigenvalue weighted by Gasteiger charge is 2.09. The third-order valence-electron chi connectivity index (χ3n) is 5.02. The van der Waals surface area contributed by atoms with Crippen molar-refractivity contribution < 1.29 is 4.42 Å². The van der Waals surface area contributed by atoms with Crippen LogP contribution in [0.4, 0.5) is 0 Å². The molecule has 0 amide bonds. The molecule has 1 saturated heterocycles. The summed E-state index contributed by atoms with van der Waals surface area (Å²) in [5.74, 6) is 1.80. The van der Waals surface area contributed by atoms with Crippen LogP contribution in [0.1, 0.15) is 42.6 Å². The lowest BCUT2D eigenvalue weighted by Crippen LogP contribution is -2.37. The van der Waals surface area contributed by atoms with Gasteiger partial charge >= 0.3 is 0 Å². The summed E-state index contributed by atoms with van der Waals surface area (Å²) in [6.07, 6.45) is 7.99. The second-order valence-electron chi connectivity index (χ2n) is 7.19. The highest BCUT2D eigenvalue weighted by molar-refractivity contribution is 14.0. The molecule has 2 N–H and O–H groups in total. The molecule has 28 heavy (non-hydrogen) atoms. The molecule has 0 saturated carbocycles. The molecule has 154 valence electrons. The predicted octanol–water partition coefficient (Wildman–Crippen LogP) is 4.18. The van der Waals surface area contributed by atoms with Crippen molar-refractivity contribution in [3.05, 3.63) is 59.5 Å². The van der Waals surface area contributed by atoms with Gasteiger partial charge in [-0.15, -0.1) is 24.0 Å². The van der Waals surface area contributed by atoms with Crippen LogP contribution in [-0.4, -0.2) is 37.5 Å². The first kappa shape index (κ1) is 22.7. The van der Waals surface area contributed by atoms with Gasteiger partial charge in [0.15, 0.2) is 5.96 Å². The molecule has 1 aliphatic rings. The van der Waals surface area contributed by atoms with E-state index in [2.05, 4.69) is 44.8 Å². The Morgan fingerprint density at radius 1 is 1.04 bits per heavy atom. The van der Waals surface area contributed by atoms with Gasteiger partial charge in [-0.1, -0.05) is 37.1 Å². The van der Waals surface area contributed by atoms with Gasteiger partial charge in [-0.05, 0) is 49.2 Å². The van der Waals surface area contributed by atoms with Crippen molar-refractivity contribution in [1.82, 2.24) is 15.5 Å². The van der Waals surface area contributed by atoms with Crippen LogP contribution in [0.25, 0.3) is 0 Å². The van der Waals surface area contributed by atoms with Gasteiger partial charge in [-0.2, -0.15) is 0 Å². The summed E-state index contributed by atoms with van der Waals surface area (Å²) in [5, 5.41) is 6.74. The lowest BCUT2D eigenvalue weighted by molar-refractivity contribution is 0.277. The standard InChI is InChI=1S/C22H32N4O.HI/c1-23-22(24-12-11-21-10-7-15-27-21)25-17-19-8-6-9-20(16-19)18-26-13-4-2-3-5-14-26;/h6-10,15-16H,2-5,11-14,17-18H2,1H3,(H2,23,24,25);1H. The molecule has 0 aliphatic carbocycles. The number of nitrogens with zero attached hydrogens (tertiary/aromatic N) is 2. The van der Waals surface area contributed by atoms with Crippen molar-refractivity contribution in [3.63, 3.8) is 0 Å². The minimum Gasteiger partial charge on any atom is -0.469 e. The molecule has 2 aromatic rings. The first-order chi connectivity index (χ1) is 13.3. The Labute approximate surface area is 186 Å². The van der Waals surface area contributed by atoms with Gasteiger partial charge in [0.2, 0.25) is 0 Å². The van der Waals surface area contributed by atoms with Crippen LogP contribution in [0.2, 0.25) is 0 Å². The molecule has 6 heteroatoms. The third kappa shape index (κ3) is 7.83. The Balaban J connectivity index is 0.00000280. The number of hydrogen-bond donors (Lipinski definition) is 2. The number of likely N-dealkylation sites (tertiary alicyclic amines) is 1. The molecule has 1 aliphatic heterocycles. The molecule has 3 rings (SSSR count). The van der Waals surface area contributed by atoms with E-state index in [1.165, 1.54) is 49.9 Å². The summed E-state index contributed by atoms with van der Waals surface area (Å²) in [7, 11) is 1.80. The summed E-state index contributed by atoms with van der Waals surface area (Å²) in [6, 6.07) is 12.8.